The van der Waals surface area contributed by atoms with Gasteiger partial charge in [-0.3, -0.25) is 9.59 Å². The van der Waals surface area contributed by atoms with Crippen molar-refractivity contribution in [1.82, 2.24) is 10.3 Å². The monoisotopic (exact) mass is 940 g/mol. The van der Waals surface area contributed by atoms with Crippen LogP contribution in [0.15, 0.2) is 91.4 Å². The molecule has 6 aromatic rings. The summed E-state index contributed by atoms with van der Waals surface area (Å²) in [6.07, 6.45) is -13.4. The molecule has 0 saturated carbocycles. The molecule has 0 aliphatic rings. The van der Waals surface area contributed by atoms with Crippen molar-refractivity contribution in [2.24, 2.45) is 0 Å². The van der Waals surface area contributed by atoms with Gasteiger partial charge in [-0.2, -0.15) is 26.3 Å². The lowest BCUT2D eigenvalue weighted by molar-refractivity contribution is -0.255. The molecule has 4 N–H and O–H groups in total. The van der Waals surface area contributed by atoms with Crippen molar-refractivity contribution in [3.8, 4) is 0 Å². The lowest BCUT2D eigenvalue weighted by atomic mass is 9.74. The van der Waals surface area contributed by atoms with E-state index in [4.69, 9.17) is 0 Å². The molecule has 0 bridgehead atoms. The lowest BCUT2D eigenvalue weighted by Gasteiger charge is -2.36. The Labute approximate surface area is 366 Å². The average Bonchev–Trinajstić information content (AvgIpc) is 3.20. The Hall–Kier alpha value is -6.68. The van der Waals surface area contributed by atoms with Crippen molar-refractivity contribution in [2.45, 2.75) is 88.8 Å². The van der Waals surface area contributed by atoms with Crippen LogP contribution in [0.1, 0.15) is 63.1 Å². The first kappa shape index (κ1) is 50.3. The minimum Gasteiger partial charge on any atom is -0.373 e. The van der Waals surface area contributed by atoms with Crippen molar-refractivity contribution in [3.63, 3.8) is 0 Å². The summed E-state index contributed by atoms with van der Waals surface area (Å²) in [5.74, 6) is -7.54. The second kappa shape index (κ2) is 17.9. The number of aromatic nitrogens is 2. The van der Waals surface area contributed by atoms with Crippen molar-refractivity contribution in [2.75, 3.05) is 10.6 Å². The average molecular weight is 941 g/mol. The second-order valence-corrected chi connectivity index (χ2v) is 16.6. The smallest absolute Gasteiger partial charge is 0.373 e. The van der Waals surface area contributed by atoms with E-state index in [0.717, 1.165) is 50.2 Å². The van der Waals surface area contributed by atoms with Crippen LogP contribution in [0.3, 0.4) is 0 Å². The Bertz CT molecular complexity index is 2970. The van der Waals surface area contributed by atoms with Crippen molar-refractivity contribution >= 4 is 44.7 Å². The van der Waals surface area contributed by atoms with E-state index in [1.807, 2.05) is 10.6 Å². The van der Waals surface area contributed by atoms with E-state index in [-0.39, 0.29) is 49.9 Å². The topological polar surface area (TPSA) is 185 Å². The molecular formula is C44H38F10N4O8. The molecule has 0 spiro atoms. The molecule has 2 unspecified atom stereocenters. The number of fused-ring (bicyclic) bond motifs is 2. The molecule has 0 aliphatic heterocycles. The first-order valence-electron chi connectivity index (χ1n) is 19.2. The summed E-state index contributed by atoms with van der Waals surface area (Å²) in [5, 5.41) is 32.7. The third-order valence-electron chi connectivity index (χ3n) is 10.7. The van der Waals surface area contributed by atoms with Crippen LogP contribution in [0.25, 0.3) is 21.5 Å². The summed E-state index contributed by atoms with van der Waals surface area (Å²) in [6, 6.07) is 11.8. The van der Waals surface area contributed by atoms with Crippen molar-refractivity contribution < 1.29 is 72.8 Å². The third kappa shape index (κ3) is 10.2. The van der Waals surface area contributed by atoms with E-state index in [1.165, 1.54) is 52.0 Å². The maximum absolute atomic E-state index is 14.2. The number of carbonyl (C=O) groups is 2. The van der Waals surface area contributed by atoms with Crippen LogP contribution in [0.4, 0.5) is 55.3 Å². The van der Waals surface area contributed by atoms with Crippen LogP contribution < -0.4 is 21.9 Å². The molecule has 2 aromatic heterocycles. The number of halogens is 10. The number of anilines is 2. The van der Waals surface area contributed by atoms with E-state index >= 15 is 0 Å². The quantitative estimate of drug-likeness (QED) is 0.0969. The van der Waals surface area contributed by atoms with Gasteiger partial charge >= 0.3 is 23.6 Å². The number of alkyl halides is 6. The fourth-order valence-electron chi connectivity index (χ4n) is 7.23. The highest BCUT2D eigenvalue weighted by molar-refractivity contribution is 6.01. The summed E-state index contributed by atoms with van der Waals surface area (Å²) in [6.45, 7) is 7.66. The Morgan fingerprint density at radius 3 is 1.35 bits per heavy atom. The van der Waals surface area contributed by atoms with E-state index in [2.05, 4.69) is 19.4 Å². The predicted octanol–water partition coefficient (Wildman–Crippen LogP) is 8.75. The first-order valence-corrected chi connectivity index (χ1v) is 19.2. The van der Waals surface area contributed by atoms with E-state index < -0.39 is 99.1 Å². The molecule has 22 heteroatoms. The molecule has 352 valence electrons. The SMILES string of the molecule is Cc1noc(=O)c2ccc(NC(=O)C(O)(CC(C)(C)c3cc(F)ccc3F)C(F)(F)F)cc12.Cc1noc(=O)c2ccc(NC(=O)C(O)(CC(C)(C)c3ccc(F)cc3F)C(F)(F)F)cc12. The molecule has 2 atom stereocenters. The summed E-state index contributed by atoms with van der Waals surface area (Å²) < 4.78 is 148. The molecule has 4 aromatic carbocycles. The zero-order chi connectivity index (χ0) is 49.5. The van der Waals surface area contributed by atoms with E-state index in [1.54, 1.807) is 0 Å². The van der Waals surface area contributed by atoms with Crippen LogP contribution >= 0.6 is 0 Å². The van der Waals surface area contributed by atoms with Gasteiger partial charge in [-0.1, -0.05) is 44.1 Å². The number of nitrogens with zero attached hydrogens (tertiary/aromatic N) is 2. The molecule has 0 radical (unpaired) electrons. The maximum atomic E-state index is 14.2. The number of hydrogen-bond acceptors (Lipinski definition) is 10. The number of aryl methyl sites for hydroxylation is 2. The summed E-state index contributed by atoms with van der Waals surface area (Å²) in [5.41, 5.74) is -13.5. The molecule has 0 saturated heterocycles. The molecule has 12 nitrogen and oxygen atoms in total. The van der Waals surface area contributed by atoms with Crippen LogP contribution in [-0.4, -0.2) is 55.9 Å². The zero-order valence-corrected chi connectivity index (χ0v) is 35.4. The number of aliphatic hydroxyl groups is 2. The number of carbonyl (C=O) groups excluding carboxylic acids is 2. The molecular weight excluding hydrogens is 902 g/mol. The molecule has 6 rings (SSSR count). The van der Waals surface area contributed by atoms with Gasteiger partial charge in [0.05, 0.1) is 22.2 Å². The van der Waals surface area contributed by atoms with Gasteiger partial charge in [-0.05, 0) is 96.5 Å². The van der Waals surface area contributed by atoms with Crippen LogP contribution in [0, 0.1) is 37.1 Å². The Morgan fingerprint density at radius 1 is 0.545 bits per heavy atom. The fraction of sp³-hybridized carbons (Fsp3) is 0.318. The fourth-order valence-corrected chi connectivity index (χ4v) is 7.23. The van der Waals surface area contributed by atoms with Gasteiger partial charge in [0, 0.05) is 41.1 Å². The Balaban J connectivity index is 0.000000247. The first-order chi connectivity index (χ1) is 30.3. The van der Waals surface area contributed by atoms with Gasteiger partial charge in [0.15, 0.2) is 0 Å². The van der Waals surface area contributed by atoms with Crippen molar-refractivity contribution in [3.05, 3.63) is 139 Å². The highest BCUT2D eigenvalue weighted by Gasteiger charge is 2.62. The van der Waals surface area contributed by atoms with Crippen LogP contribution in [0.5, 0.6) is 0 Å². The van der Waals surface area contributed by atoms with Crippen LogP contribution in [0.2, 0.25) is 0 Å². The lowest BCUT2D eigenvalue weighted by Crippen LogP contribution is -2.57. The Morgan fingerprint density at radius 2 is 0.939 bits per heavy atom. The van der Waals surface area contributed by atoms with E-state index in [0.29, 0.717) is 12.1 Å². The highest BCUT2D eigenvalue weighted by atomic mass is 19.4. The number of nitrogens with one attached hydrogen (secondary N) is 2. The molecule has 0 fully saturated rings. The third-order valence-corrected chi connectivity index (χ3v) is 10.7. The summed E-state index contributed by atoms with van der Waals surface area (Å²) >= 11 is 0. The van der Waals surface area contributed by atoms with Gasteiger partial charge in [0.2, 0.25) is 11.2 Å². The zero-order valence-electron chi connectivity index (χ0n) is 35.4. The molecule has 2 amide bonds. The number of hydrogen-bond donors (Lipinski definition) is 4. The Kier molecular flexibility index (Phi) is 13.7. The molecule has 2 heterocycles. The van der Waals surface area contributed by atoms with Crippen LogP contribution in [-0.2, 0) is 20.4 Å². The summed E-state index contributed by atoms with van der Waals surface area (Å²) in [4.78, 5) is 48.8. The predicted molar refractivity (Wildman–Crippen MR) is 217 cm³/mol. The second-order valence-electron chi connectivity index (χ2n) is 16.6. The number of rotatable bonds is 10. The van der Waals surface area contributed by atoms with Gasteiger partial charge in [0.25, 0.3) is 11.8 Å². The minimum atomic E-state index is -5.45. The molecule has 0 aliphatic carbocycles. The minimum absolute atomic E-state index is 0.0919. The number of benzene rings is 4. The van der Waals surface area contributed by atoms with E-state index in [9.17, 15) is 73.3 Å². The standard InChI is InChI=1S/2C22H19F5N2O4/c1-11-15-9-13(5-6-14(15)18(30)33-29-11)28-19(31)21(32,22(25,26)27)10-20(2,3)16-8-12(23)4-7-17(16)24;1-11-15-9-13(5-6-14(15)18(30)33-29-11)28-19(31)21(32,22(25,26)27)10-20(2,3)16-7-4-12(23)8-17(16)24/h2*4-9,32H,10H2,1-3H3,(H,28,31). The van der Waals surface area contributed by atoms with Gasteiger partial charge in [0.1, 0.15) is 23.3 Å². The summed E-state index contributed by atoms with van der Waals surface area (Å²) in [7, 11) is 0. The van der Waals surface area contributed by atoms with Gasteiger partial charge in [-0.25, -0.2) is 27.2 Å². The van der Waals surface area contributed by atoms with Crippen molar-refractivity contribution in [1.29, 1.82) is 0 Å². The largest absolute Gasteiger partial charge is 0.426 e. The molecule has 66 heavy (non-hydrogen) atoms. The maximum Gasteiger partial charge on any atom is 0.426 e. The van der Waals surface area contributed by atoms with Gasteiger partial charge < -0.3 is 29.9 Å². The normalized spacial score (nSPS) is 14.2. The number of amides is 2. The highest BCUT2D eigenvalue weighted by Crippen LogP contribution is 2.44. The van der Waals surface area contributed by atoms with Gasteiger partial charge in [-0.15, -0.1) is 0 Å².